The highest BCUT2D eigenvalue weighted by atomic mass is 16.7. The van der Waals surface area contributed by atoms with Crippen molar-refractivity contribution in [3.63, 3.8) is 0 Å². The fourth-order valence-electron chi connectivity index (χ4n) is 10.9. The summed E-state index contributed by atoms with van der Waals surface area (Å²) in [7, 11) is 0. The van der Waals surface area contributed by atoms with Crippen LogP contribution in [0.25, 0.3) is 0 Å². The highest BCUT2D eigenvalue weighted by Crippen LogP contribution is 2.26. The van der Waals surface area contributed by atoms with Gasteiger partial charge in [-0.2, -0.15) is 0 Å². The van der Waals surface area contributed by atoms with E-state index in [4.69, 9.17) is 14.2 Å². The zero-order chi connectivity index (χ0) is 60.3. The second-order valence-corrected chi connectivity index (χ2v) is 24.3. The van der Waals surface area contributed by atoms with Crippen LogP contribution in [-0.4, -0.2) is 99.6 Å². The van der Waals surface area contributed by atoms with Crippen LogP contribution in [0.4, 0.5) is 0 Å². The SMILES string of the molecule is CCCCC/C=C\C/C=C\C/C=C\C/C=C\CCC(O)C(=O)NC(COC1OC(CO)C(O)C(O)C1OC(=O)CCCCCCCCCCCCCCCCCCCCCCCCCCC)C(O)/C=C/CCCCCCCCCCCCC. The number of amides is 1. The number of hydrogen-bond acceptors (Lipinski definition) is 10. The van der Waals surface area contributed by atoms with E-state index in [1.807, 2.05) is 18.2 Å². The summed E-state index contributed by atoms with van der Waals surface area (Å²) < 4.78 is 17.7. The Hall–Kier alpha value is -2.64. The fourth-order valence-corrected chi connectivity index (χ4v) is 10.9. The van der Waals surface area contributed by atoms with Gasteiger partial charge in [0.25, 0.3) is 0 Å². The summed E-state index contributed by atoms with van der Waals surface area (Å²) in [5.74, 6) is -1.24. The van der Waals surface area contributed by atoms with Crippen molar-refractivity contribution in [1.29, 1.82) is 0 Å². The smallest absolute Gasteiger partial charge is 0.306 e. The first-order valence-electron chi connectivity index (χ1n) is 35.1. The minimum Gasteiger partial charge on any atom is -0.454 e. The van der Waals surface area contributed by atoms with Crippen LogP contribution in [0.5, 0.6) is 0 Å². The Morgan fingerprint density at radius 3 is 1.27 bits per heavy atom. The molecular formula is C72H131NO10. The van der Waals surface area contributed by atoms with Crippen LogP contribution in [0, 0.1) is 0 Å². The molecule has 0 spiro atoms. The number of aliphatic hydroxyl groups excluding tert-OH is 5. The molecule has 1 amide bonds. The third-order valence-electron chi connectivity index (χ3n) is 16.4. The lowest BCUT2D eigenvalue weighted by atomic mass is 9.99. The van der Waals surface area contributed by atoms with Crippen LogP contribution in [0.1, 0.15) is 323 Å². The average molecular weight is 1170 g/mol. The molecule has 83 heavy (non-hydrogen) atoms. The molecule has 1 saturated heterocycles. The summed E-state index contributed by atoms with van der Waals surface area (Å²) in [4.78, 5) is 26.6. The first-order chi connectivity index (χ1) is 40.7. The first kappa shape index (κ1) is 78.4. The van der Waals surface area contributed by atoms with Gasteiger partial charge in [0, 0.05) is 6.42 Å². The van der Waals surface area contributed by atoms with E-state index in [1.165, 1.54) is 212 Å². The second-order valence-electron chi connectivity index (χ2n) is 24.3. The van der Waals surface area contributed by atoms with Crippen molar-refractivity contribution in [1.82, 2.24) is 5.32 Å². The van der Waals surface area contributed by atoms with Crippen molar-refractivity contribution in [2.75, 3.05) is 13.2 Å². The Bertz CT molecular complexity index is 1580. The van der Waals surface area contributed by atoms with Crippen LogP contribution in [0.2, 0.25) is 0 Å². The Morgan fingerprint density at radius 1 is 0.470 bits per heavy atom. The van der Waals surface area contributed by atoms with E-state index >= 15 is 0 Å². The fraction of sp³-hybridized carbons (Fsp3) is 0.833. The molecule has 0 aromatic carbocycles. The highest BCUT2D eigenvalue weighted by molar-refractivity contribution is 5.80. The van der Waals surface area contributed by atoms with Gasteiger partial charge in [-0.05, 0) is 64.2 Å². The Kier molecular flexibility index (Phi) is 56.4. The molecular weight excluding hydrogens is 1040 g/mol. The number of unbranched alkanes of at least 4 members (excludes halogenated alkanes) is 38. The standard InChI is InChI=1S/C72H131NO10/c1-4-7-10-13-16-19-22-25-27-29-30-31-32-33-34-35-36-37-39-42-45-48-51-54-57-60-67(77)83-70-69(79)68(78)66(61-74)82-72(70)81-62-63(64(75)58-55-52-49-46-43-40-24-21-18-15-12-9-6-3)73-71(80)65(76)59-56-53-50-47-44-41-38-28-26-23-20-17-14-11-8-5-2/h17,20,26,28,41,44,50,53,55,58,63-66,68-70,72,74-76,78-79H,4-16,18-19,21-25,27,29-40,42-43,45-49,51-52,54,56-57,59-62H2,1-3H3,(H,73,80)/b20-17-,28-26-,44-41-,53-50-,58-55+. The molecule has 1 fully saturated rings. The van der Waals surface area contributed by atoms with Crippen molar-refractivity contribution in [3.8, 4) is 0 Å². The lowest BCUT2D eigenvalue weighted by Gasteiger charge is -2.41. The molecule has 0 aliphatic carbocycles. The van der Waals surface area contributed by atoms with E-state index in [0.29, 0.717) is 12.8 Å². The quantitative estimate of drug-likeness (QED) is 0.0195. The topological polar surface area (TPSA) is 175 Å². The van der Waals surface area contributed by atoms with Crippen molar-refractivity contribution >= 4 is 11.9 Å². The number of aliphatic hydroxyl groups is 5. The number of carbonyl (C=O) groups is 2. The molecule has 8 atom stereocenters. The molecule has 1 aliphatic rings. The van der Waals surface area contributed by atoms with Gasteiger partial charge < -0.3 is 45.1 Å². The molecule has 0 bridgehead atoms. The van der Waals surface area contributed by atoms with Gasteiger partial charge in [0.05, 0.1) is 25.4 Å². The van der Waals surface area contributed by atoms with E-state index in [9.17, 15) is 35.1 Å². The van der Waals surface area contributed by atoms with Gasteiger partial charge in [-0.25, -0.2) is 0 Å². The van der Waals surface area contributed by atoms with Crippen LogP contribution < -0.4 is 5.32 Å². The predicted molar refractivity (Wildman–Crippen MR) is 347 cm³/mol. The van der Waals surface area contributed by atoms with Gasteiger partial charge in [0.1, 0.15) is 24.4 Å². The number of carbonyl (C=O) groups excluding carboxylic acids is 2. The van der Waals surface area contributed by atoms with E-state index < -0.39 is 67.4 Å². The zero-order valence-corrected chi connectivity index (χ0v) is 53.8. The molecule has 0 saturated carbocycles. The number of nitrogens with one attached hydrogen (secondary N) is 1. The maximum atomic E-state index is 13.4. The minimum absolute atomic E-state index is 0.120. The molecule has 11 heteroatoms. The lowest BCUT2D eigenvalue weighted by molar-refractivity contribution is -0.305. The normalized spacial score (nSPS) is 18.9. The maximum Gasteiger partial charge on any atom is 0.306 e. The summed E-state index contributed by atoms with van der Waals surface area (Å²) >= 11 is 0. The van der Waals surface area contributed by atoms with Gasteiger partial charge in [0.2, 0.25) is 5.91 Å². The Morgan fingerprint density at radius 2 is 0.831 bits per heavy atom. The van der Waals surface area contributed by atoms with Crippen LogP contribution in [0.15, 0.2) is 60.8 Å². The first-order valence-corrected chi connectivity index (χ1v) is 35.1. The van der Waals surface area contributed by atoms with Gasteiger partial charge >= 0.3 is 5.97 Å². The monoisotopic (exact) mass is 1170 g/mol. The predicted octanol–water partition coefficient (Wildman–Crippen LogP) is 17.7. The molecule has 1 heterocycles. The van der Waals surface area contributed by atoms with Crippen molar-refractivity contribution in [2.24, 2.45) is 0 Å². The minimum atomic E-state index is -1.62. The number of rotatable bonds is 60. The molecule has 6 N–H and O–H groups in total. The highest BCUT2D eigenvalue weighted by Gasteiger charge is 2.47. The summed E-state index contributed by atoms with van der Waals surface area (Å²) in [6.45, 7) is 5.77. The van der Waals surface area contributed by atoms with Gasteiger partial charge in [-0.15, -0.1) is 0 Å². The van der Waals surface area contributed by atoms with Gasteiger partial charge in [-0.3, -0.25) is 9.59 Å². The molecule has 0 aromatic heterocycles. The molecule has 0 radical (unpaired) electrons. The Labute approximate surface area is 509 Å². The van der Waals surface area contributed by atoms with Crippen molar-refractivity contribution in [3.05, 3.63) is 60.8 Å². The molecule has 1 rings (SSSR count). The number of allylic oxidation sites excluding steroid dienone is 9. The molecule has 484 valence electrons. The van der Waals surface area contributed by atoms with E-state index in [-0.39, 0.29) is 19.4 Å². The summed E-state index contributed by atoms with van der Waals surface area (Å²) in [5, 5.41) is 57.1. The van der Waals surface area contributed by atoms with Crippen LogP contribution >= 0.6 is 0 Å². The summed E-state index contributed by atoms with van der Waals surface area (Å²) in [6.07, 6.45) is 65.7. The van der Waals surface area contributed by atoms with Crippen molar-refractivity contribution < 1.29 is 49.3 Å². The van der Waals surface area contributed by atoms with Crippen LogP contribution in [-0.2, 0) is 23.8 Å². The van der Waals surface area contributed by atoms with Crippen LogP contribution in [0.3, 0.4) is 0 Å². The van der Waals surface area contributed by atoms with E-state index in [0.717, 1.165) is 64.2 Å². The number of esters is 1. The summed E-state index contributed by atoms with van der Waals surface area (Å²) in [5.41, 5.74) is 0. The largest absolute Gasteiger partial charge is 0.454 e. The number of hydrogen-bond donors (Lipinski definition) is 6. The lowest BCUT2D eigenvalue weighted by Crippen LogP contribution is -2.61. The average Bonchev–Trinajstić information content (AvgIpc) is 3.67. The summed E-state index contributed by atoms with van der Waals surface area (Å²) in [6, 6.07) is -1.05. The molecule has 11 nitrogen and oxygen atoms in total. The molecule has 0 aromatic rings. The molecule has 8 unspecified atom stereocenters. The van der Waals surface area contributed by atoms with Gasteiger partial charge in [-0.1, -0.05) is 313 Å². The number of ether oxygens (including phenoxy) is 3. The zero-order valence-electron chi connectivity index (χ0n) is 53.8. The second kappa shape index (κ2) is 59.7. The van der Waals surface area contributed by atoms with Gasteiger partial charge in [0.15, 0.2) is 12.4 Å². The third kappa shape index (κ3) is 47.2. The van der Waals surface area contributed by atoms with Crippen molar-refractivity contribution in [2.45, 2.75) is 372 Å². The maximum absolute atomic E-state index is 13.4. The van der Waals surface area contributed by atoms with E-state index in [1.54, 1.807) is 6.08 Å². The Balaban J connectivity index is 2.60. The molecule has 1 aliphatic heterocycles. The third-order valence-corrected chi connectivity index (χ3v) is 16.4. The van der Waals surface area contributed by atoms with E-state index in [2.05, 4.69) is 62.5 Å².